The molecular formula is C6H12N2O2S. The number of nitrogens with two attached hydrogens (primary N) is 1. The van der Waals surface area contributed by atoms with E-state index in [0.717, 1.165) is 17.9 Å². The topological polar surface area (TPSA) is 64.7 Å². The van der Waals surface area contributed by atoms with Crippen LogP contribution in [0.1, 0.15) is 6.42 Å². The maximum atomic E-state index is 10.8. The van der Waals surface area contributed by atoms with Crippen LogP contribution in [0, 0.1) is 0 Å². The predicted octanol–water partition coefficient (Wildman–Crippen LogP) is -0.530. The highest BCUT2D eigenvalue weighted by atomic mass is 32.2. The fourth-order valence-electron chi connectivity index (χ4n) is 0.823. The lowest BCUT2D eigenvalue weighted by Crippen LogP contribution is -2.07. The summed E-state index contributed by atoms with van der Waals surface area (Å²) in [6.45, 7) is 0.913. The van der Waals surface area contributed by atoms with E-state index in [9.17, 15) is 4.21 Å². The van der Waals surface area contributed by atoms with Gasteiger partial charge in [-0.2, -0.15) is 0 Å². The molecule has 0 spiro atoms. The average molecular weight is 176 g/mol. The van der Waals surface area contributed by atoms with Crippen LogP contribution < -0.4 is 5.73 Å². The molecule has 1 saturated heterocycles. The Morgan fingerprint density at radius 1 is 1.73 bits per heavy atom. The summed E-state index contributed by atoms with van der Waals surface area (Å²) < 4.78 is 10.8. The predicted molar refractivity (Wildman–Crippen MR) is 44.9 cm³/mol. The van der Waals surface area contributed by atoms with Crippen LogP contribution in [-0.4, -0.2) is 34.6 Å². The van der Waals surface area contributed by atoms with Gasteiger partial charge in [-0.05, 0) is 0 Å². The van der Waals surface area contributed by atoms with Crippen molar-refractivity contribution in [3.63, 3.8) is 0 Å². The van der Waals surface area contributed by atoms with E-state index < -0.39 is 10.8 Å². The lowest BCUT2D eigenvalue weighted by molar-refractivity contribution is 0.152. The zero-order valence-corrected chi connectivity index (χ0v) is 7.10. The summed E-state index contributed by atoms with van der Waals surface area (Å²) in [5.74, 6) is 1.30. The molecule has 1 heterocycles. The molecule has 0 radical (unpaired) electrons. The van der Waals surface area contributed by atoms with Gasteiger partial charge >= 0.3 is 0 Å². The Kier molecular flexibility index (Phi) is 3.51. The van der Waals surface area contributed by atoms with Crippen molar-refractivity contribution in [3.05, 3.63) is 0 Å². The number of hydrogen-bond acceptors (Lipinski definition) is 4. The van der Waals surface area contributed by atoms with E-state index in [1.807, 2.05) is 0 Å². The molecule has 64 valence electrons. The van der Waals surface area contributed by atoms with E-state index in [2.05, 4.69) is 5.16 Å². The van der Waals surface area contributed by atoms with Gasteiger partial charge in [0.25, 0.3) is 0 Å². The first-order valence-corrected chi connectivity index (χ1v) is 5.04. The lowest BCUT2D eigenvalue weighted by Gasteiger charge is -1.95. The SMILES string of the molecule is NCCON=C1CCS(=O)C1. The molecule has 11 heavy (non-hydrogen) atoms. The molecule has 0 bridgehead atoms. The van der Waals surface area contributed by atoms with Gasteiger partial charge in [0.05, 0.1) is 11.5 Å². The van der Waals surface area contributed by atoms with Crippen molar-refractivity contribution in [1.29, 1.82) is 0 Å². The first-order valence-electron chi connectivity index (χ1n) is 3.55. The normalized spacial score (nSPS) is 27.7. The Morgan fingerprint density at radius 2 is 2.55 bits per heavy atom. The zero-order chi connectivity index (χ0) is 8.10. The van der Waals surface area contributed by atoms with Crippen molar-refractivity contribution in [2.75, 3.05) is 24.7 Å². The van der Waals surface area contributed by atoms with Gasteiger partial charge in [-0.25, -0.2) is 0 Å². The molecule has 2 N–H and O–H groups in total. The Balaban J connectivity index is 2.25. The van der Waals surface area contributed by atoms with Crippen LogP contribution in [0.4, 0.5) is 0 Å². The minimum atomic E-state index is -0.700. The summed E-state index contributed by atoms with van der Waals surface area (Å²) in [4.78, 5) is 4.84. The number of rotatable bonds is 3. The van der Waals surface area contributed by atoms with Gasteiger partial charge < -0.3 is 10.6 Å². The Labute approximate surface area is 68.2 Å². The first-order chi connectivity index (χ1) is 5.33. The standard InChI is InChI=1S/C6H12N2O2S/c7-2-3-10-8-6-1-4-11(9)5-6/h1-5,7H2. The van der Waals surface area contributed by atoms with Gasteiger partial charge in [0, 0.05) is 29.5 Å². The van der Waals surface area contributed by atoms with E-state index in [1.54, 1.807) is 0 Å². The molecule has 1 fully saturated rings. The van der Waals surface area contributed by atoms with Gasteiger partial charge in [0.15, 0.2) is 0 Å². The van der Waals surface area contributed by atoms with Crippen molar-refractivity contribution in [3.8, 4) is 0 Å². The second kappa shape index (κ2) is 4.46. The average Bonchev–Trinajstić information content (AvgIpc) is 2.37. The van der Waals surface area contributed by atoms with E-state index in [1.165, 1.54) is 0 Å². The summed E-state index contributed by atoms with van der Waals surface area (Å²) in [6.07, 6.45) is 0.803. The molecule has 1 atom stereocenters. The van der Waals surface area contributed by atoms with Crippen LogP contribution in [0.25, 0.3) is 0 Å². The van der Waals surface area contributed by atoms with Gasteiger partial charge in [0.2, 0.25) is 0 Å². The van der Waals surface area contributed by atoms with Gasteiger partial charge in [0.1, 0.15) is 6.61 Å². The minimum absolute atomic E-state index is 0.441. The quantitative estimate of drug-likeness (QED) is 0.464. The van der Waals surface area contributed by atoms with Crippen LogP contribution in [0.5, 0.6) is 0 Å². The molecule has 1 aliphatic heterocycles. The second-order valence-corrected chi connectivity index (χ2v) is 3.89. The zero-order valence-electron chi connectivity index (χ0n) is 6.28. The van der Waals surface area contributed by atoms with Crippen molar-refractivity contribution in [2.24, 2.45) is 10.9 Å². The molecule has 0 aromatic rings. The maximum absolute atomic E-state index is 10.8. The highest BCUT2D eigenvalue weighted by molar-refractivity contribution is 7.86. The van der Waals surface area contributed by atoms with Gasteiger partial charge in [-0.3, -0.25) is 4.21 Å². The molecule has 1 rings (SSSR count). The minimum Gasteiger partial charge on any atom is -0.394 e. The molecule has 0 aromatic heterocycles. The lowest BCUT2D eigenvalue weighted by atomic mass is 10.3. The summed E-state index contributed by atoms with van der Waals surface area (Å²) in [7, 11) is -0.700. The number of oxime groups is 1. The number of hydrogen-bond donors (Lipinski definition) is 1. The van der Waals surface area contributed by atoms with Crippen LogP contribution in [0.15, 0.2) is 5.16 Å². The Hall–Kier alpha value is -0.420. The van der Waals surface area contributed by atoms with E-state index >= 15 is 0 Å². The molecule has 0 amide bonds. The van der Waals surface area contributed by atoms with Gasteiger partial charge in [-0.15, -0.1) is 0 Å². The van der Waals surface area contributed by atoms with Crippen molar-refractivity contribution >= 4 is 16.5 Å². The molecule has 1 aliphatic rings. The molecule has 4 nitrogen and oxygen atoms in total. The maximum Gasteiger partial charge on any atom is 0.129 e. The number of nitrogens with zero attached hydrogens (tertiary/aromatic N) is 1. The molecule has 5 heteroatoms. The molecule has 1 unspecified atom stereocenters. The van der Waals surface area contributed by atoms with E-state index in [-0.39, 0.29) is 0 Å². The summed E-state index contributed by atoms with van der Waals surface area (Å²) in [6, 6.07) is 0. The highest BCUT2D eigenvalue weighted by Crippen LogP contribution is 2.03. The summed E-state index contributed by atoms with van der Waals surface area (Å²) >= 11 is 0. The molecule has 0 aliphatic carbocycles. The smallest absolute Gasteiger partial charge is 0.129 e. The van der Waals surface area contributed by atoms with Crippen LogP contribution in [-0.2, 0) is 15.6 Å². The summed E-state index contributed by atoms with van der Waals surface area (Å²) in [5.41, 5.74) is 6.09. The van der Waals surface area contributed by atoms with Crippen LogP contribution >= 0.6 is 0 Å². The van der Waals surface area contributed by atoms with Crippen molar-refractivity contribution in [1.82, 2.24) is 0 Å². The van der Waals surface area contributed by atoms with E-state index in [4.69, 9.17) is 10.6 Å². The summed E-state index contributed by atoms with van der Waals surface area (Å²) in [5, 5.41) is 3.81. The monoisotopic (exact) mass is 176 g/mol. The van der Waals surface area contributed by atoms with Crippen LogP contribution in [0.3, 0.4) is 0 Å². The Bertz CT molecular complexity index is 181. The van der Waals surface area contributed by atoms with Crippen molar-refractivity contribution < 1.29 is 9.05 Å². The van der Waals surface area contributed by atoms with E-state index in [0.29, 0.717) is 18.9 Å². The Morgan fingerprint density at radius 3 is 3.09 bits per heavy atom. The third kappa shape index (κ3) is 2.98. The van der Waals surface area contributed by atoms with Crippen LogP contribution in [0.2, 0.25) is 0 Å². The first kappa shape index (κ1) is 8.67. The molecule has 0 saturated carbocycles. The molecular weight excluding hydrogens is 164 g/mol. The fraction of sp³-hybridized carbons (Fsp3) is 0.833. The van der Waals surface area contributed by atoms with Gasteiger partial charge in [-0.1, -0.05) is 5.16 Å². The second-order valence-electron chi connectivity index (χ2n) is 2.32. The fourth-order valence-corrected chi connectivity index (χ4v) is 2.00. The van der Waals surface area contributed by atoms with Crippen molar-refractivity contribution in [2.45, 2.75) is 6.42 Å². The molecule has 0 aromatic carbocycles. The highest BCUT2D eigenvalue weighted by Gasteiger charge is 2.15. The largest absolute Gasteiger partial charge is 0.394 e. The third-order valence-electron chi connectivity index (χ3n) is 1.35. The third-order valence-corrected chi connectivity index (χ3v) is 2.66.